The van der Waals surface area contributed by atoms with Gasteiger partial charge in [-0.1, -0.05) is 12.1 Å². The standard InChI is InChI=1S/C26H32F3N3O3/c1-17-5-4-6-21(30-17)22-14-31(15-23(28)29)16-26(35-22)9-11-32(12-10-26)24(33)18-7-8-19(20(27)13-18)25(2,3)34/h4-8,13,22-23,34H,9-12,14-16H2,1-3H3. The van der Waals surface area contributed by atoms with Gasteiger partial charge in [0.2, 0.25) is 0 Å². The zero-order valence-corrected chi connectivity index (χ0v) is 20.3. The first-order chi connectivity index (χ1) is 16.5. The molecule has 1 amide bonds. The van der Waals surface area contributed by atoms with Crippen molar-refractivity contribution >= 4 is 5.91 Å². The molecule has 35 heavy (non-hydrogen) atoms. The Morgan fingerprint density at radius 3 is 2.57 bits per heavy atom. The van der Waals surface area contributed by atoms with Gasteiger partial charge in [-0.3, -0.25) is 14.7 Å². The highest BCUT2D eigenvalue weighted by Crippen LogP contribution is 2.38. The minimum absolute atomic E-state index is 0.122. The van der Waals surface area contributed by atoms with Crippen molar-refractivity contribution in [3.63, 3.8) is 0 Å². The van der Waals surface area contributed by atoms with Crippen molar-refractivity contribution in [3.8, 4) is 0 Å². The number of rotatable bonds is 5. The van der Waals surface area contributed by atoms with Crippen molar-refractivity contribution < 1.29 is 27.8 Å². The molecule has 9 heteroatoms. The lowest BCUT2D eigenvalue weighted by atomic mass is 9.87. The number of morpholine rings is 1. The van der Waals surface area contributed by atoms with Gasteiger partial charge >= 0.3 is 0 Å². The van der Waals surface area contributed by atoms with Crippen molar-refractivity contribution in [2.24, 2.45) is 0 Å². The fourth-order valence-electron chi connectivity index (χ4n) is 5.03. The molecule has 6 nitrogen and oxygen atoms in total. The molecule has 2 aliphatic rings. The molecule has 4 rings (SSSR count). The Morgan fingerprint density at radius 1 is 1.26 bits per heavy atom. The maximum atomic E-state index is 14.5. The van der Waals surface area contributed by atoms with E-state index in [4.69, 9.17) is 4.74 Å². The number of aromatic nitrogens is 1. The molecule has 1 spiro atoms. The van der Waals surface area contributed by atoms with Gasteiger partial charge in [0, 0.05) is 43.0 Å². The van der Waals surface area contributed by atoms with E-state index < -0.39 is 29.5 Å². The van der Waals surface area contributed by atoms with E-state index in [0.717, 1.165) is 11.8 Å². The number of carbonyl (C=O) groups excluding carboxylic acids is 1. The van der Waals surface area contributed by atoms with Crippen LogP contribution < -0.4 is 0 Å². The van der Waals surface area contributed by atoms with Gasteiger partial charge in [0.25, 0.3) is 12.3 Å². The van der Waals surface area contributed by atoms with E-state index in [1.54, 1.807) is 9.80 Å². The maximum absolute atomic E-state index is 14.5. The van der Waals surface area contributed by atoms with Gasteiger partial charge in [0.05, 0.1) is 23.4 Å². The lowest BCUT2D eigenvalue weighted by molar-refractivity contribution is -0.181. The quantitative estimate of drug-likeness (QED) is 0.683. The summed E-state index contributed by atoms with van der Waals surface area (Å²) in [5.41, 5.74) is -0.155. The summed E-state index contributed by atoms with van der Waals surface area (Å²) in [6.45, 7) is 5.92. The average Bonchev–Trinajstić information content (AvgIpc) is 2.77. The Morgan fingerprint density at radius 2 is 1.97 bits per heavy atom. The van der Waals surface area contributed by atoms with Gasteiger partial charge in [0.15, 0.2) is 0 Å². The molecule has 190 valence electrons. The summed E-state index contributed by atoms with van der Waals surface area (Å²) in [6.07, 6.45) is -1.94. The molecular formula is C26H32F3N3O3. The largest absolute Gasteiger partial charge is 0.386 e. The van der Waals surface area contributed by atoms with E-state index in [1.807, 2.05) is 25.1 Å². The van der Waals surface area contributed by atoms with E-state index in [1.165, 1.54) is 26.0 Å². The Labute approximate surface area is 203 Å². The number of alkyl halides is 2. The summed E-state index contributed by atoms with van der Waals surface area (Å²) >= 11 is 0. The van der Waals surface area contributed by atoms with Gasteiger partial charge in [0.1, 0.15) is 11.9 Å². The van der Waals surface area contributed by atoms with E-state index in [-0.39, 0.29) is 23.6 Å². The van der Waals surface area contributed by atoms with Gasteiger partial charge in [-0.25, -0.2) is 13.2 Å². The van der Waals surface area contributed by atoms with Crippen molar-refractivity contribution in [2.75, 3.05) is 32.7 Å². The number of carbonyl (C=O) groups is 1. The molecule has 2 aromatic rings. The van der Waals surface area contributed by atoms with Gasteiger partial charge in [-0.15, -0.1) is 0 Å². The van der Waals surface area contributed by atoms with Crippen LogP contribution in [-0.2, 0) is 10.3 Å². The summed E-state index contributed by atoms with van der Waals surface area (Å²) in [5.74, 6) is -0.943. The van der Waals surface area contributed by atoms with Crippen molar-refractivity contribution in [1.29, 1.82) is 0 Å². The maximum Gasteiger partial charge on any atom is 0.253 e. The number of benzene rings is 1. The zero-order valence-electron chi connectivity index (χ0n) is 20.3. The summed E-state index contributed by atoms with van der Waals surface area (Å²) in [4.78, 5) is 21.0. The van der Waals surface area contributed by atoms with Crippen LogP contribution in [-0.4, -0.2) is 70.5 Å². The number of hydrogen-bond donors (Lipinski definition) is 1. The smallest absolute Gasteiger partial charge is 0.253 e. The third-order valence-electron chi connectivity index (χ3n) is 6.80. The number of pyridine rings is 1. The number of halogens is 3. The Hall–Kier alpha value is -2.49. The number of nitrogens with zero attached hydrogens (tertiary/aromatic N) is 3. The van der Waals surface area contributed by atoms with Gasteiger partial charge < -0.3 is 14.7 Å². The molecule has 2 fully saturated rings. The van der Waals surface area contributed by atoms with Crippen molar-refractivity contribution in [3.05, 3.63) is 64.7 Å². The molecule has 0 radical (unpaired) electrons. The first kappa shape index (κ1) is 25.6. The highest BCUT2D eigenvalue weighted by Gasteiger charge is 2.45. The molecule has 1 aromatic heterocycles. The topological polar surface area (TPSA) is 65.9 Å². The molecule has 2 saturated heterocycles. The van der Waals surface area contributed by atoms with Gasteiger partial charge in [-0.2, -0.15) is 0 Å². The Bertz CT molecular complexity index is 1070. The van der Waals surface area contributed by atoms with E-state index >= 15 is 0 Å². The van der Waals surface area contributed by atoms with Crippen LogP contribution in [0.2, 0.25) is 0 Å². The van der Waals surface area contributed by atoms with Crippen molar-refractivity contribution in [2.45, 2.75) is 57.3 Å². The second-order valence-corrected chi connectivity index (χ2v) is 10.1. The highest BCUT2D eigenvalue weighted by molar-refractivity contribution is 5.94. The minimum atomic E-state index is -2.46. The van der Waals surface area contributed by atoms with Crippen LogP contribution in [0.1, 0.15) is 60.1 Å². The molecule has 0 aliphatic carbocycles. The number of likely N-dealkylation sites (tertiary alicyclic amines) is 1. The van der Waals surface area contributed by atoms with Gasteiger partial charge in [-0.05, 0) is 57.9 Å². The third kappa shape index (κ3) is 5.85. The summed E-state index contributed by atoms with van der Waals surface area (Å²) in [7, 11) is 0. The van der Waals surface area contributed by atoms with E-state index in [2.05, 4.69) is 4.98 Å². The number of ether oxygens (including phenoxy) is 1. The molecule has 0 bridgehead atoms. The predicted molar refractivity (Wildman–Crippen MR) is 125 cm³/mol. The number of aliphatic hydroxyl groups is 1. The van der Waals surface area contributed by atoms with Crippen LogP contribution in [0, 0.1) is 12.7 Å². The van der Waals surface area contributed by atoms with Crippen LogP contribution in [0.25, 0.3) is 0 Å². The second-order valence-electron chi connectivity index (χ2n) is 10.1. The normalized spacial score (nSPS) is 21.0. The average molecular weight is 492 g/mol. The number of amides is 1. The van der Waals surface area contributed by atoms with Crippen molar-refractivity contribution in [1.82, 2.24) is 14.8 Å². The van der Waals surface area contributed by atoms with E-state index in [0.29, 0.717) is 44.7 Å². The molecule has 1 N–H and O–H groups in total. The molecule has 1 aromatic carbocycles. The molecule has 0 saturated carbocycles. The number of hydrogen-bond acceptors (Lipinski definition) is 5. The molecule has 1 atom stereocenters. The predicted octanol–water partition coefficient (Wildman–Crippen LogP) is 4.07. The second kappa shape index (κ2) is 9.87. The first-order valence-electron chi connectivity index (χ1n) is 11.9. The fraction of sp³-hybridized carbons (Fsp3) is 0.538. The van der Waals surface area contributed by atoms with Crippen LogP contribution >= 0.6 is 0 Å². The summed E-state index contributed by atoms with van der Waals surface area (Å²) < 4.78 is 47.5. The minimum Gasteiger partial charge on any atom is -0.386 e. The fourth-order valence-corrected chi connectivity index (χ4v) is 5.03. The lowest BCUT2D eigenvalue weighted by Crippen LogP contribution is -2.58. The number of aryl methyl sites for hydroxylation is 1. The summed E-state index contributed by atoms with van der Waals surface area (Å²) in [6, 6.07) is 9.70. The lowest BCUT2D eigenvalue weighted by Gasteiger charge is -2.50. The van der Waals surface area contributed by atoms with Crippen LogP contribution in [0.15, 0.2) is 36.4 Å². The monoisotopic (exact) mass is 491 g/mol. The van der Waals surface area contributed by atoms with Crippen LogP contribution in [0.5, 0.6) is 0 Å². The Kier molecular flexibility index (Phi) is 7.22. The molecule has 3 heterocycles. The third-order valence-corrected chi connectivity index (χ3v) is 6.80. The zero-order chi connectivity index (χ0) is 25.4. The molecule has 2 aliphatic heterocycles. The summed E-state index contributed by atoms with van der Waals surface area (Å²) in [5, 5.41) is 10.1. The van der Waals surface area contributed by atoms with E-state index in [9.17, 15) is 23.1 Å². The Balaban J connectivity index is 1.48. The number of piperidine rings is 1. The first-order valence-corrected chi connectivity index (χ1v) is 11.9. The SMILES string of the molecule is Cc1cccc(C2CN(CC(F)F)CC3(CCN(C(=O)c4ccc(C(C)(C)O)c(F)c4)CC3)O2)n1. The highest BCUT2D eigenvalue weighted by atomic mass is 19.3. The van der Waals surface area contributed by atoms with Crippen LogP contribution in [0.3, 0.4) is 0 Å². The molecule has 1 unspecified atom stereocenters. The molecular weight excluding hydrogens is 459 g/mol. The van der Waals surface area contributed by atoms with Crippen LogP contribution in [0.4, 0.5) is 13.2 Å².